The van der Waals surface area contributed by atoms with Crippen molar-refractivity contribution in [3.8, 4) is 11.5 Å². The molecule has 31 heavy (non-hydrogen) atoms. The van der Waals surface area contributed by atoms with E-state index in [0.717, 1.165) is 13.6 Å². The Morgan fingerprint density at radius 1 is 1.10 bits per heavy atom. The molecule has 2 aromatic rings. The van der Waals surface area contributed by atoms with Crippen LogP contribution in [0.4, 0.5) is 5.69 Å². The Hall–Kier alpha value is -2.14. The second kappa shape index (κ2) is 13.3. The van der Waals surface area contributed by atoms with Crippen molar-refractivity contribution in [2.24, 2.45) is 5.10 Å². The SMILES string of the molecule is CCOc1cc(/C=N\NC(=O)CCCC(=O)Nc2cccc(Br)c2)cc(I)c1OCC. The van der Waals surface area contributed by atoms with E-state index < -0.39 is 0 Å². The molecule has 0 bridgehead atoms. The fraction of sp³-hybridized carbons (Fsp3) is 0.318. The highest BCUT2D eigenvalue weighted by molar-refractivity contribution is 14.1. The summed E-state index contributed by atoms with van der Waals surface area (Å²) < 4.78 is 13.1. The van der Waals surface area contributed by atoms with Gasteiger partial charge in [0.15, 0.2) is 11.5 Å². The molecule has 2 amide bonds. The van der Waals surface area contributed by atoms with Gasteiger partial charge in [-0.25, -0.2) is 5.43 Å². The predicted octanol–water partition coefficient (Wildman–Crippen LogP) is 5.11. The standard InChI is InChI=1S/C22H25BrIN3O4/c1-3-30-19-12-15(11-18(24)22(19)31-4-2)14-25-27-21(29)10-6-9-20(28)26-17-8-5-7-16(23)13-17/h5,7-8,11-14H,3-4,6,9-10H2,1-2H3,(H,26,28)(H,27,29)/b25-14-. The number of amides is 2. The van der Waals surface area contributed by atoms with Crippen LogP contribution in [-0.4, -0.2) is 31.2 Å². The quantitative estimate of drug-likeness (QED) is 0.213. The number of halogens is 2. The third-order valence-electron chi connectivity index (χ3n) is 3.94. The van der Waals surface area contributed by atoms with E-state index in [1.807, 2.05) is 50.2 Å². The number of ether oxygens (including phenoxy) is 2. The van der Waals surface area contributed by atoms with Crippen molar-refractivity contribution >= 4 is 62.2 Å². The Bertz CT molecular complexity index is 937. The zero-order valence-electron chi connectivity index (χ0n) is 17.4. The molecule has 0 heterocycles. The summed E-state index contributed by atoms with van der Waals surface area (Å²) in [5.74, 6) is 0.951. The van der Waals surface area contributed by atoms with Crippen molar-refractivity contribution in [2.75, 3.05) is 18.5 Å². The van der Waals surface area contributed by atoms with E-state index in [4.69, 9.17) is 9.47 Å². The molecule has 2 N–H and O–H groups in total. The van der Waals surface area contributed by atoms with Crippen molar-refractivity contribution in [3.63, 3.8) is 0 Å². The molecule has 0 aliphatic heterocycles. The maximum absolute atomic E-state index is 12.0. The lowest BCUT2D eigenvalue weighted by Gasteiger charge is -2.13. The van der Waals surface area contributed by atoms with Crippen LogP contribution in [0.25, 0.3) is 0 Å². The molecule has 0 saturated heterocycles. The third-order valence-corrected chi connectivity index (χ3v) is 5.23. The molecule has 0 saturated carbocycles. The molecule has 7 nitrogen and oxygen atoms in total. The van der Waals surface area contributed by atoms with Crippen LogP contribution in [0.3, 0.4) is 0 Å². The van der Waals surface area contributed by atoms with E-state index in [-0.39, 0.29) is 24.7 Å². The minimum atomic E-state index is -0.253. The molecule has 0 atom stereocenters. The monoisotopic (exact) mass is 601 g/mol. The summed E-state index contributed by atoms with van der Waals surface area (Å²) in [5, 5.41) is 6.81. The van der Waals surface area contributed by atoms with Crippen LogP contribution in [-0.2, 0) is 9.59 Å². The summed E-state index contributed by atoms with van der Waals surface area (Å²) in [4.78, 5) is 24.0. The lowest BCUT2D eigenvalue weighted by atomic mass is 10.2. The Morgan fingerprint density at radius 2 is 1.84 bits per heavy atom. The fourth-order valence-electron chi connectivity index (χ4n) is 2.64. The largest absolute Gasteiger partial charge is 0.490 e. The van der Waals surface area contributed by atoms with Crippen molar-refractivity contribution in [1.29, 1.82) is 0 Å². The van der Waals surface area contributed by atoms with Gasteiger partial charge in [-0.1, -0.05) is 22.0 Å². The van der Waals surface area contributed by atoms with Gasteiger partial charge in [-0.2, -0.15) is 5.10 Å². The van der Waals surface area contributed by atoms with Crippen molar-refractivity contribution < 1.29 is 19.1 Å². The van der Waals surface area contributed by atoms with Crippen LogP contribution < -0.4 is 20.2 Å². The highest BCUT2D eigenvalue weighted by Crippen LogP contribution is 2.33. The van der Waals surface area contributed by atoms with Crippen LogP contribution in [0.1, 0.15) is 38.7 Å². The summed E-state index contributed by atoms with van der Waals surface area (Å²) in [6, 6.07) is 11.1. The van der Waals surface area contributed by atoms with Gasteiger partial charge in [-0.05, 0) is 78.8 Å². The minimum absolute atomic E-state index is 0.137. The Kier molecular flexibility index (Phi) is 10.8. The molecule has 0 unspecified atom stereocenters. The first-order valence-corrected chi connectivity index (χ1v) is 11.8. The number of hydrazone groups is 1. The number of benzene rings is 2. The van der Waals surface area contributed by atoms with Gasteiger partial charge < -0.3 is 14.8 Å². The van der Waals surface area contributed by atoms with Crippen LogP contribution >= 0.6 is 38.5 Å². The number of carbonyl (C=O) groups excluding carboxylic acids is 2. The molecule has 0 radical (unpaired) electrons. The zero-order chi connectivity index (χ0) is 22.6. The van der Waals surface area contributed by atoms with Gasteiger partial charge in [0.2, 0.25) is 11.8 Å². The number of anilines is 1. The number of hydrogen-bond donors (Lipinski definition) is 2. The number of nitrogens with one attached hydrogen (secondary N) is 2. The van der Waals surface area contributed by atoms with Crippen LogP contribution in [0.2, 0.25) is 0 Å². The highest BCUT2D eigenvalue weighted by Gasteiger charge is 2.11. The molecule has 0 spiro atoms. The van der Waals surface area contributed by atoms with Gasteiger partial charge in [0.05, 0.1) is 23.0 Å². The van der Waals surface area contributed by atoms with Gasteiger partial charge in [-0.3, -0.25) is 9.59 Å². The topological polar surface area (TPSA) is 89.0 Å². The minimum Gasteiger partial charge on any atom is -0.490 e. The van der Waals surface area contributed by atoms with Gasteiger partial charge in [-0.15, -0.1) is 0 Å². The average molecular weight is 602 g/mol. The number of hydrogen-bond acceptors (Lipinski definition) is 5. The first kappa shape index (κ1) is 25.1. The van der Waals surface area contributed by atoms with E-state index in [2.05, 4.69) is 54.4 Å². The maximum Gasteiger partial charge on any atom is 0.240 e. The molecule has 0 fully saturated rings. The summed E-state index contributed by atoms with van der Waals surface area (Å²) in [6.07, 6.45) is 2.43. The molecule has 2 rings (SSSR count). The molecule has 9 heteroatoms. The third kappa shape index (κ3) is 8.86. The van der Waals surface area contributed by atoms with E-state index in [9.17, 15) is 9.59 Å². The summed E-state index contributed by atoms with van der Waals surface area (Å²) >= 11 is 5.54. The Morgan fingerprint density at radius 3 is 2.55 bits per heavy atom. The second-order valence-electron chi connectivity index (χ2n) is 6.40. The van der Waals surface area contributed by atoms with Gasteiger partial charge >= 0.3 is 0 Å². The van der Waals surface area contributed by atoms with Gasteiger partial charge in [0, 0.05) is 23.0 Å². The summed E-state index contributed by atoms with van der Waals surface area (Å²) in [7, 11) is 0. The zero-order valence-corrected chi connectivity index (χ0v) is 21.2. The molecular weight excluding hydrogens is 577 g/mol. The van der Waals surface area contributed by atoms with Crippen molar-refractivity contribution in [3.05, 3.63) is 50.0 Å². The molecule has 166 valence electrons. The maximum atomic E-state index is 12.0. The van der Waals surface area contributed by atoms with Crippen molar-refractivity contribution in [1.82, 2.24) is 5.43 Å². The second-order valence-corrected chi connectivity index (χ2v) is 8.48. The predicted molar refractivity (Wildman–Crippen MR) is 134 cm³/mol. The summed E-state index contributed by atoms with van der Waals surface area (Å²) in [6.45, 7) is 4.88. The normalized spacial score (nSPS) is 10.7. The van der Waals surface area contributed by atoms with Crippen LogP contribution in [0.5, 0.6) is 11.5 Å². The molecule has 0 aliphatic rings. The van der Waals surface area contributed by atoms with Gasteiger partial charge in [0.25, 0.3) is 0 Å². The molecule has 0 aliphatic carbocycles. The van der Waals surface area contributed by atoms with Crippen LogP contribution in [0.15, 0.2) is 46.0 Å². The summed E-state index contributed by atoms with van der Waals surface area (Å²) in [5.41, 5.74) is 3.99. The lowest BCUT2D eigenvalue weighted by Crippen LogP contribution is -2.18. The van der Waals surface area contributed by atoms with Crippen molar-refractivity contribution in [2.45, 2.75) is 33.1 Å². The number of rotatable bonds is 11. The molecular formula is C22H25BrIN3O4. The van der Waals surface area contributed by atoms with E-state index in [1.54, 1.807) is 6.21 Å². The average Bonchev–Trinajstić information content (AvgIpc) is 2.71. The van der Waals surface area contributed by atoms with Crippen LogP contribution in [0, 0.1) is 3.57 Å². The highest BCUT2D eigenvalue weighted by atomic mass is 127. The fourth-order valence-corrected chi connectivity index (χ4v) is 3.82. The lowest BCUT2D eigenvalue weighted by molar-refractivity contribution is -0.121. The Balaban J connectivity index is 1.80. The Labute approximate surface area is 204 Å². The smallest absolute Gasteiger partial charge is 0.240 e. The molecule has 2 aromatic carbocycles. The van der Waals surface area contributed by atoms with E-state index in [1.165, 1.54) is 0 Å². The number of nitrogens with zero attached hydrogens (tertiary/aromatic N) is 1. The number of carbonyl (C=O) groups is 2. The first-order chi connectivity index (χ1) is 14.9. The first-order valence-electron chi connectivity index (χ1n) is 9.89. The van der Waals surface area contributed by atoms with E-state index >= 15 is 0 Å². The molecule has 0 aromatic heterocycles. The van der Waals surface area contributed by atoms with Gasteiger partial charge in [0.1, 0.15) is 0 Å². The van der Waals surface area contributed by atoms with E-state index in [0.29, 0.717) is 36.8 Å².